The topological polar surface area (TPSA) is 12.9 Å². The first kappa shape index (κ1) is 13.5. The lowest BCUT2D eigenvalue weighted by atomic mass is 9.84. The Morgan fingerprint density at radius 1 is 0.625 bits per heavy atom. The van der Waals surface area contributed by atoms with Gasteiger partial charge in [-0.2, -0.15) is 0 Å². The second kappa shape index (κ2) is 5.31. The quantitative estimate of drug-likeness (QED) is 0.397. The first-order valence-electron chi connectivity index (χ1n) is 8.47. The van der Waals surface area contributed by atoms with Gasteiger partial charge in [0.05, 0.1) is 11.4 Å². The fourth-order valence-electron chi connectivity index (χ4n) is 3.82. The molecule has 0 N–H and O–H groups in total. The highest BCUT2D eigenvalue weighted by atomic mass is 14.7. The maximum absolute atomic E-state index is 4.72. The molecule has 1 nitrogen and oxygen atoms in total. The van der Waals surface area contributed by atoms with E-state index < -0.39 is 0 Å². The fourth-order valence-corrected chi connectivity index (χ4v) is 3.82. The van der Waals surface area contributed by atoms with Gasteiger partial charge in [-0.15, -0.1) is 0 Å². The second-order valence-electron chi connectivity index (χ2n) is 6.36. The molecule has 0 spiro atoms. The predicted molar refractivity (Wildman–Crippen MR) is 103 cm³/mol. The van der Waals surface area contributed by atoms with Gasteiger partial charge in [-0.05, 0) is 70.2 Å². The highest BCUT2D eigenvalue weighted by Gasteiger charge is 2.17. The van der Waals surface area contributed by atoms with Gasteiger partial charge in [0.25, 0.3) is 0 Å². The Hall–Kier alpha value is -2.93. The highest BCUT2D eigenvalue weighted by Crippen LogP contribution is 2.37. The molecule has 0 saturated carbocycles. The Labute approximate surface area is 141 Å². The molecule has 4 bridgehead atoms. The van der Waals surface area contributed by atoms with Crippen molar-refractivity contribution in [2.45, 2.75) is 12.8 Å². The molecule has 3 heterocycles. The first-order chi connectivity index (χ1) is 11.9. The molecule has 0 amide bonds. The van der Waals surface area contributed by atoms with Crippen LogP contribution >= 0.6 is 0 Å². The molecule has 0 atom stereocenters. The Bertz CT molecular complexity index is 1050. The summed E-state index contributed by atoms with van der Waals surface area (Å²) in [5.41, 5.74) is 7.48. The summed E-state index contributed by atoms with van der Waals surface area (Å²) >= 11 is 0. The lowest BCUT2D eigenvalue weighted by molar-refractivity contribution is 0.985. The van der Waals surface area contributed by atoms with Crippen LogP contribution < -0.4 is 0 Å². The van der Waals surface area contributed by atoms with Gasteiger partial charge >= 0.3 is 0 Å². The van der Waals surface area contributed by atoms with Gasteiger partial charge < -0.3 is 0 Å². The zero-order valence-corrected chi connectivity index (χ0v) is 13.4. The van der Waals surface area contributed by atoms with Gasteiger partial charge in [0.1, 0.15) is 0 Å². The van der Waals surface area contributed by atoms with Crippen LogP contribution in [0.25, 0.3) is 41.2 Å². The lowest BCUT2D eigenvalue weighted by Crippen LogP contribution is -2.02. The van der Waals surface area contributed by atoms with Crippen LogP contribution in [0.2, 0.25) is 0 Å². The molecule has 6 rings (SSSR count). The van der Waals surface area contributed by atoms with Crippen molar-refractivity contribution in [1.29, 1.82) is 0 Å². The predicted octanol–water partition coefficient (Wildman–Crippen LogP) is 5.85. The van der Waals surface area contributed by atoms with E-state index in [-0.39, 0.29) is 0 Å². The summed E-state index contributed by atoms with van der Waals surface area (Å²) in [5, 5.41) is 2.64. The molecule has 24 heavy (non-hydrogen) atoms. The maximum atomic E-state index is 4.72. The molecule has 0 unspecified atom stereocenters. The average Bonchev–Trinajstić information content (AvgIpc) is 2.67. The van der Waals surface area contributed by atoms with Crippen LogP contribution in [0.1, 0.15) is 40.1 Å². The van der Waals surface area contributed by atoms with E-state index in [1.54, 1.807) is 0 Å². The largest absolute Gasteiger partial charge is 0.249 e. The Kier molecular flexibility index (Phi) is 2.99. The Morgan fingerprint density at radius 3 is 2.12 bits per heavy atom. The second-order valence-corrected chi connectivity index (χ2v) is 6.36. The molecule has 114 valence electrons. The summed E-state index contributed by atoms with van der Waals surface area (Å²) in [6.07, 6.45) is 15.6. The summed E-state index contributed by atoms with van der Waals surface area (Å²) in [5.74, 6) is 0. The number of allylic oxidation sites excluding steroid dienone is 1. The fraction of sp³-hybridized carbons (Fsp3) is 0.0870. The number of nitrogens with zero attached hydrogens (tertiary/aromatic N) is 1. The summed E-state index contributed by atoms with van der Waals surface area (Å²) < 4.78 is 0. The number of rotatable bonds is 0. The van der Waals surface area contributed by atoms with E-state index >= 15 is 0 Å². The minimum atomic E-state index is 0.999. The highest BCUT2D eigenvalue weighted by molar-refractivity contribution is 6.03. The van der Waals surface area contributed by atoms with Crippen molar-refractivity contribution in [3.63, 3.8) is 0 Å². The van der Waals surface area contributed by atoms with E-state index in [0.29, 0.717) is 0 Å². The van der Waals surface area contributed by atoms with Gasteiger partial charge in [-0.25, -0.2) is 4.98 Å². The third-order valence-corrected chi connectivity index (χ3v) is 4.93. The molecule has 0 fully saturated rings. The van der Waals surface area contributed by atoms with Gasteiger partial charge in [0.15, 0.2) is 0 Å². The minimum absolute atomic E-state index is 0.999. The van der Waals surface area contributed by atoms with E-state index in [0.717, 1.165) is 24.2 Å². The molecule has 0 saturated heterocycles. The summed E-state index contributed by atoms with van der Waals surface area (Å²) in [6.45, 7) is 0. The smallest absolute Gasteiger partial charge is 0.0637 e. The van der Waals surface area contributed by atoms with Crippen LogP contribution in [0.15, 0.2) is 48.5 Å². The number of pyridine rings is 1. The normalized spacial score (nSPS) is 17.3. The summed E-state index contributed by atoms with van der Waals surface area (Å²) in [4.78, 5) is 4.72. The van der Waals surface area contributed by atoms with Crippen LogP contribution in [0.5, 0.6) is 0 Å². The van der Waals surface area contributed by atoms with Gasteiger partial charge in [0, 0.05) is 0 Å². The molecular weight excluding hydrogens is 290 g/mol. The van der Waals surface area contributed by atoms with Crippen molar-refractivity contribution >= 4 is 41.2 Å². The van der Waals surface area contributed by atoms with E-state index in [9.17, 15) is 0 Å². The number of hydrogen-bond acceptors (Lipinski definition) is 1. The average molecular weight is 307 g/mol. The van der Waals surface area contributed by atoms with Gasteiger partial charge in [-0.3, -0.25) is 0 Å². The molecule has 2 aromatic carbocycles. The monoisotopic (exact) mass is 307 g/mol. The molecular formula is C23H17N. The first-order valence-corrected chi connectivity index (χ1v) is 8.47. The molecule has 0 radical (unpaired) electrons. The Balaban J connectivity index is 1.97. The third-order valence-electron chi connectivity index (χ3n) is 4.93. The van der Waals surface area contributed by atoms with Crippen molar-refractivity contribution in [2.24, 2.45) is 0 Å². The zero-order valence-electron chi connectivity index (χ0n) is 13.4. The molecule has 1 aromatic heterocycles. The van der Waals surface area contributed by atoms with Crippen molar-refractivity contribution in [2.75, 3.05) is 0 Å². The van der Waals surface area contributed by atoms with Crippen molar-refractivity contribution in [3.8, 4) is 0 Å². The molecule has 1 aliphatic carbocycles. The van der Waals surface area contributed by atoms with Crippen molar-refractivity contribution in [1.82, 2.24) is 4.98 Å². The Morgan fingerprint density at radius 2 is 1.33 bits per heavy atom. The zero-order chi connectivity index (χ0) is 15.9. The van der Waals surface area contributed by atoms with Crippen LogP contribution in [-0.2, 0) is 6.42 Å². The van der Waals surface area contributed by atoms with Crippen molar-refractivity contribution < 1.29 is 0 Å². The standard InChI is InChI=1S/C23H17N/c1-2-9-19-18(8-1)22-14-12-16-6-5-7-17(24-16)13-15-23(19)21-11-4-3-10-20(21)22/h1-3,5-10,12-15H,4,11H2/b14-12-,15-13-. The summed E-state index contributed by atoms with van der Waals surface area (Å²) in [6, 6.07) is 14.9. The number of benzene rings is 2. The van der Waals surface area contributed by atoms with E-state index in [1.807, 2.05) is 0 Å². The molecule has 1 heteroatoms. The van der Waals surface area contributed by atoms with Crippen LogP contribution in [0, 0.1) is 0 Å². The molecule has 2 aliphatic heterocycles. The summed E-state index contributed by atoms with van der Waals surface area (Å²) in [7, 11) is 0. The third kappa shape index (κ3) is 2.05. The van der Waals surface area contributed by atoms with Crippen LogP contribution in [-0.4, -0.2) is 4.98 Å². The van der Waals surface area contributed by atoms with E-state index in [1.165, 1.54) is 33.0 Å². The SMILES string of the molecule is C1=Cc2c(c3c4ccccc4c2/C=C\c2cccc(n2)/C=C\3)CC1. The minimum Gasteiger partial charge on any atom is -0.249 e. The molecule has 3 aliphatic rings. The maximum Gasteiger partial charge on any atom is 0.0637 e. The molecule has 3 aromatic rings. The van der Waals surface area contributed by atoms with Crippen molar-refractivity contribution in [3.05, 3.63) is 82.2 Å². The number of aromatic nitrogens is 1. The number of hydrogen-bond donors (Lipinski definition) is 0. The van der Waals surface area contributed by atoms with Crippen LogP contribution in [0.4, 0.5) is 0 Å². The van der Waals surface area contributed by atoms with Gasteiger partial charge in [-0.1, -0.05) is 54.6 Å². The van der Waals surface area contributed by atoms with Crippen LogP contribution in [0.3, 0.4) is 0 Å². The van der Waals surface area contributed by atoms with E-state index in [4.69, 9.17) is 4.98 Å². The lowest BCUT2D eigenvalue weighted by Gasteiger charge is -2.20. The van der Waals surface area contributed by atoms with E-state index in [2.05, 4.69) is 78.9 Å². The van der Waals surface area contributed by atoms with Gasteiger partial charge in [0.2, 0.25) is 0 Å².